The van der Waals surface area contributed by atoms with Gasteiger partial charge in [0.1, 0.15) is 23.0 Å². The van der Waals surface area contributed by atoms with Crippen LogP contribution in [0.4, 0.5) is 0 Å². The van der Waals surface area contributed by atoms with E-state index in [4.69, 9.17) is 0 Å². The van der Waals surface area contributed by atoms with E-state index in [-0.39, 0.29) is 17.5 Å². The zero-order valence-electron chi connectivity index (χ0n) is 28.2. The van der Waals surface area contributed by atoms with E-state index in [0.29, 0.717) is 56.9 Å². The smallest absolute Gasteiger partial charge is 0.269 e. The summed E-state index contributed by atoms with van der Waals surface area (Å²) in [7, 11) is 0. The van der Waals surface area contributed by atoms with Gasteiger partial charge in [0, 0.05) is 71.2 Å². The Bertz CT molecular complexity index is 2270. The highest BCUT2D eigenvalue weighted by atomic mass is 16.2. The molecule has 256 valence electrons. The molecule has 4 aromatic heterocycles. The second-order valence-electron chi connectivity index (χ2n) is 12.9. The summed E-state index contributed by atoms with van der Waals surface area (Å²) in [6.07, 6.45) is 7.76. The maximum atomic E-state index is 12.9. The number of aryl methyl sites for hydroxylation is 2. The summed E-state index contributed by atoms with van der Waals surface area (Å²) in [5, 5.41) is 26.0. The van der Waals surface area contributed by atoms with E-state index in [9.17, 15) is 9.59 Å². The zero-order chi connectivity index (χ0) is 34.6. The Morgan fingerprint density at radius 2 is 1.47 bits per heavy atom. The molecule has 1 saturated carbocycles. The molecular formula is C39H38N10O2. The van der Waals surface area contributed by atoms with Crippen LogP contribution >= 0.6 is 0 Å². The molecule has 0 saturated heterocycles. The van der Waals surface area contributed by atoms with Crippen molar-refractivity contribution in [3.8, 4) is 5.69 Å². The molecule has 8 rings (SSSR count). The molecule has 0 spiro atoms. The van der Waals surface area contributed by atoms with E-state index >= 15 is 0 Å². The summed E-state index contributed by atoms with van der Waals surface area (Å²) >= 11 is 0. The number of pyridine rings is 1. The van der Waals surface area contributed by atoms with Gasteiger partial charge in [-0.2, -0.15) is 0 Å². The van der Waals surface area contributed by atoms with Gasteiger partial charge in [-0.25, -0.2) is 0 Å². The second-order valence-corrected chi connectivity index (χ2v) is 12.9. The van der Waals surface area contributed by atoms with Crippen LogP contribution in [0, 0.1) is 0 Å². The number of rotatable bonds is 14. The molecule has 0 radical (unpaired) electrons. The average molecular weight is 679 g/mol. The quantitative estimate of drug-likeness (QED) is 0.146. The van der Waals surface area contributed by atoms with Crippen molar-refractivity contribution in [1.29, 1.82) is 0 Å². The lowest BCUT2D eigenvalue weighted by Crippen LogP contribution is -2.28. The molecule has 4 heterocycles. The lowest BCUT2D eigenvalue weighted by atomic mass is 10.2. The normalized spacial score (nSPS) is 12.8. The number of carbonyl (C=O) groups excluding carboxylic acids is 2. The number of nitrogens with one attached hydrogen (secondary N) is 2. The minimum atomic E-state index is -0.331. The van der Waals surface area contributed by atoms with Crippen molar-refractivity contribution < 1.29 is 9.59 Å². The molecule has 3 aromatic carbocycles. The van der Waals surface area contributed by atoms with Crippen LogP contribution in [0.15, 0.2) is 103 Å². The van der Waals surface area contributed by atoms with E-state index in [1.165, 1.54) is 23.0 Å². The van der Waals surface area contributed by atoms with Gasteiger partial charge in [0.25, 0.3) is 11.8 Å². The minimum Gasteiger partial charge on any atom is -0.352 e. The highest BCUT2D eigenvalue weighted by Crippen LogP contribution is 2.40. The lowest BCUT2D eigenvalue weighted by Gasteiger charge is -2.10. The molecule has 7 aromatic rings. The van der Waals surface area contributed by atoms with Crippen molar-refractivity contribution in [2.75, 3.05) is 13.1 Å². The van der Waals surface area contributed by atoms with Crippen molar-refractivity contribution in [2.24, 2.45) is 0 Å². The van der Waals surface area contributed by atoms with Crippen molar-refractivity contribution in [3.63, 3.8) is 0 Å². The Morgan fingerprint density at radius 1 is 0.765 bits per heavy atom. The molecular weight excluding hydrogens is 640 g/mol. The number of para-hydroxylation sites is 3. The van der Waals surface area contributed by atoms with Crippen LogP contribution in [-0.2, 0) is 19.5 Å². The van der Waals surface area contributed by atoms with Gasteiger partial charge in [-0.1, -0.05) is 59.8 Å². The molecule has 0 unspecified atom stereocenters. The molecule has 0 bridgehead atoms. The van der Waals surface area contributed by atoms with Gasteiger partial charge in [0.15, 0.2) is 0 Å². The van der Waals surface area contributed by atoms with Gasteiger partial charge >= 0.3 is 0 Å². The van der Waals surface area contributed by atoms with Crippen LogP contribution in [0.25, 0.3) is 27.5 Å². The standard InChI is InChI=1S/C39H38N10O2/c50-38(41-20-8-16-36-44-45-37(27-17-18-27)49(36)30-10-2-1-3-11-30)28-19-22-40-33(24-28)39(51)42-21-9-23-47-25-29(43-46-47)26-48-34-14-6-4-12-31(34)32-13-5-7-15-35(32)48/h1-7,10-15,19,22,24-25,27H,8-9,16-18,20-21,23,26H2,(H,41,50)(H,42,51). The number of fused-ring (bicyclic) bond motifs is 3. The van der Waals surface area contributed by atoms with Crippen molar-refractivity contribution in [1.82, 2.24) is 49.9 Å². The molecule has 51 heavy (non-hydrogen) atoms. The third-order valence-corrected chi connectivity index (χ3v) is 9.27. The Hall–Kier alpha value is -6.17. The summed E-state index contributed by atoms with van der Waals surface area (Å²) < 4.78 is 6.23. The molecule has 0 atom stereocenters. The first-order valence-electron chi connectivity index (χ1n) is 17.5. The third kappa shape index (κ3) is 6.98. The van der Waals surface area contributed by atoms with Gasteiger partial charge < -0.3 is 15.2 Å². The number of hydrogen-bond donors (Lipinski definition) is 2. The molecule has 1 fully saturated rings. The van der Waals surface area contributed by atoms with Gasteiger partial charge in [0.2, 0.25) is 0 Å². The first-order valence-corrected chi connectivity index (χ1v) is 17.5. The average Bonchev–Trinajstić information content (AvgIpc) is 3.65. The largest absolute Gasteiger partial charge is 0.352 e. The highest BCUT2D eigenvalue weighted by Gasteiger charge is 2.30. The fraction of sp³-hybridized carbons (Fsp3) is 0.256. The molecule has 2 amide bonds. The summed E-state index contributed by atoms with van der Waals surface area (Å²) in [5.41, 5.74) is 4.83. The molecule has 12 nitrogen and oxygen atoms in total. The first kappa shape index (κ1) is 32.1. The SMILES string of the molecule is O=C(NCCCc1nnc(C2CC2)n1-c1ccccc1)c1ccnc(C(=O)NCCCn2cc(Cn3c4ccccc4c4ccccc43)nn2)c1. The maximum Gasteiger partial charge on any atom is 0.269 e. The molecule has 0 aliphatic heterocycles. The topological polar surface area (TPSA) is 137 Å². The van der Waals surface area contributed by atoms with E-state index in [1.54, 1.807) is 10.7 Å². The molecule has 1 aliphatic rings. The summed E-state index contributed by atoms with van der Waals surface area (Å²) in [6.45, 7) is 2.10. The monoisotopic (exact) mass is 678 g/mol. The number of benzene rings is 3. The lowest BCUT2D eigenvalue weighted by molar-refractivity contribution is 0.0947. The first-order chi connectivity index (χ1) is 25.1. The summed E-state index contributed by atoms with van der Waals surface area (Å²) in [5.74, 6) is 1.79. The van der Waals surface area contributed by atoms with Crippen LogP contribution in [0.2, 0.25) is 0 Å². The molecule has 12 heteroatoms. The fourth-order valence-electron chi connectivity index (χ4n) is 6.59. The highest BCUT2D eigenvalue weighted by molar-refractivity contribution is 6.08. The second kappa shape index (κ2) is 14.4. The Labute approximate surface area is 294 Å². The van der Waals surface area contributed by atoms with Crippen LogP contribution in [-0.4, -0.2) is 64.2 Å². The third-order valence-electron chi connectivity index (χ3n) is 9.27. The number of amides is 2. The Kier molecular flexibility index (Phi) is 9.03. The maximum absolute atomic E-state index is 12.9. The van der Waals surface area contributed by atoms with E-state index < -0.39 is 0 Å². The molecule has 2 N–H and O–H groups in total. The van der Waals surface area contributed by atoms with Crippen LogP contribution in [0.5, 0.6) is 0 Å². The van der Waals surface area contributed by atoms with Crippen LogP contribution in [0.3, 0.4) is 0 Å². The van der Waals surface area contributed by atoms with Gasteiger partial charge in [0.05, 0.1) is 12.7 Å². The van der Waals surface area contributed by atoms with E-state index in [0.717, 1.165) is 46.9 Å². The van der Waals surface area contributed by atoms with Crippen molar-refractivity contribution in [3.05, 3.63) is 132 Å². The Morgan fingerprint density at radius 3 is 2.24 bits per heavy atom. The summed E-state index contributed by atoms with van der Waals surface area (Å²) in [4.78, 5) is 30.0. The van der Waals surface area contributed by atoms with E-state index in [1.807, 2.05) is 24.4 Å². The van der Waals surface area contributed by atoms with Gasteiger partial charge in [-0.3, -0.25) is 23.8 Å². The predicted molar refractivity (Wildman–Crippen MR) is 194 cm³/mol. The predicted octanol–water partition coefficient (Wildman–Crippen LogP) is 5.47. The zero-order valence-corrected chi connectivity index (χ0v) is 28.2. The van der Waals surface area contributed by atoms with Crippen LogP contribution in [0.1, 0.15) is 69.8 Å². The van der Waals surface area contributed by atoms with Gasteiger partial charge in [-0.05, 0) is 62.1 Å². The number of aromatic nitrogens is 8. The fourth-order valence-corrected chi connectivity index (χ4v) is 6.59. The van der Waals surface area contributed by atoms with E-state index in [2.05, 4.69) is 106 Å². The number of nitrogens with zero attached hydrogens (tertiary/aromatic N) is 8. The minimum absolute atomic E-state index is 0.195. The number of hydrogen-bond acceptors (Lipinski definition) is 7. The van der Waals surface area contributed by atoms with Gasteiger partial charge in [-0.15, -0.1) is 15.3 Å². The summed E-state index contributed by atoms with van der Waals surface area (Å²) in [6, 6.07) is 30.1. The van der Waals surface area contributed by atoms with Crippen molar-refractivity contribution >= 4 is 33.6 Å². The Balaban J connectivity index is 0.803. The number of carbonyl (C=O) groups is 2. The van der Waals surface area contributed by atoms with Crippen molar-refractivity contribution in [2.45, 2.75) is 51.1 Å². The van der Waals surface area contributed by atoms with Crippen LogP contribution < -0.4 is 10.6 Å². The molecule has 1 aliphatic carbocycles.